The number of nitrogens with two attached hydrogens (primary N) is 1. The number of anilines is 1. The number of phosphoric ester groups is 1. The maximum Gasteiger partial charge on any atom is 0.469 e. The normalized spacial score (nSPS) is 26.2. The van der Waals surface area contributed by atoms with Crippen LogP contribution in [0.2, 0.25) is 0 Å². The van der Waals surface area contributed by atoms with Gasteiger partial charge in [-0.25, -0.2) is 9.36 Å². The van der Waals surface area contributed by atoms with Crippen LogP contribution >= 0.6 is 7.82 Å². The molecule has 0 spiro atoms. The van der Waals surface area contributed by atoms with Crippen molar-refractivity contribution in [3.63, 3.8) is 0 Å². The molecule has 2 heterocycles. The van der Waals surface area contributed by atoms with Crippen LogP contribution in [0.3, 0.4) is 0 Å². The molecule has 1 aromatic heterocycles. The van der Waals surface area contributed by atoms with Gasteiger partial charge >= 0.3 is 13.5 Å². The summed E-state index contributed by atoms with van der Waals surface area (Å²) < 4.78 is 21.5. The molecular formula is C10H16N3O7P. The number of aliphatic hydroxyl groups is 1. The van der Waals surface area contributed by atoms with E-state index in [2.05, 4.69) is 9.51 Å². The van der Waals surface area contributed by atoms with Crippen LogP contribution in [-0.4, -0.2) is 43.3 Å². The summed E-state index contributed by atoms with van der Waals surface area (Å²) in [6, 6.07) is 0. The summed E-state index contributed by atoms with van der Waals surface area (Å²) in [7, 11) is -4.65. The summed E-state index contributed by atoms with van der Waals surface area (Å²) in [5.41, 5.74) is 5.46. The molecule has 1 aliphatic rings. The second-order valence-electron chi connectivity index (χ2n) is 4.72. The van der Waals surface area contributed by atoms with Crippen molar-refractivity contribution in [3.8, 4) is 0 Å². The van der Waals surface area contributed by atoms with Crippen LogP contribution in [0.15, 0.2) is 11.0 Å². The third-order valence-corrected chi connectivity index (χ3v) is 3.58. The Morgan fingerprint density at radius 2 is 2.29 bits per heavy atom. The van der Waals surface area contributed by atoms with Crippen LogP contribution in [0, 0.1) is 6.92 Å². The molecule has 5 N–H and O–H groups in total. The second-order valence-corrected chi connectivity index (χ2v) is 5.96. The molecule has 11 heteroatoms. The number of aromatic nitrogens is 2. The van der Waals surface area contributed by atoms with Crippen molar-refractivity contribution in [2.24, 2.45) is 0 Å². The Morgan fingerprint density at radius 3 is 2.90 bits per heavy atom. The maximum absolute atomic E-state index is 11.8. The van der Waals surface area contributed by atoms with Crippen molar-refractivity contribution < 1.29 is 28.7 Å². The monoisotopic (exact) mass is 321 g/mol. The number of hydrogen-bond donors (Lipinski definition) is 4. The average molecular weight is 321 g/mol. The predicted molar refractivity (Wildman–Crippen MR) is 70.2 cm³/mol. The Balaban J connectivity index is 2.12. The Labute approximate surface area is 119 Å². The van der Waals surface area contributed by atoms with Gasteiger partial charge in [0.2, 0.25) is 0 Å². The van der Waals surface area contributed by atoms with Crippen molar-refractivity contribution in [1.29, 1.82) is 0 Å². The third kappa shape index (κ3) is 3.88. The fourth-order valence-corrected chi connectivity index (χ4v) is 2.33. The van der Waals surface area contributed by atoms with Gasteiger partial charge < -0.3 is 25.4 Å². The second kappa shape index (κ2) is 5.84. The first-order valence-electron chi connectivity index (χ1n) is 6.06. The number of aliphatic hydroxyl groups excluding tert-OH is 1. The van der Waals surface area contributed by atoms with Gasteiger partial charge in [0.1, 0.15) is 18.1 Å². The molecule has 1 saturated heterocycles. The van der Waals surface area contributed by atoms with Crippen LogP contribution in [0.1, 0.15) is 18.2 Å². The van der Waals surface area contributed by atoms with Crippen molar-refractivity contribution in [2.75, 3.05) is 12.3 Å². The van der Waals surface area contributed by atoms with E-state index in [0.29, 0.717) is 5.56 Å². The number of rotatable bonds is 4. The van der Waals surface area contributed by atoms with E-state index in [-0.39, 0.29) is 12.2 Å². The van der Waals surface area contributed by atoms with Gasteiger partial charge in [-0.1, -0.05) is 0 Å². The van der Waals surface area contributed by atoms with Crippen molar-refractivity contribution in [3.05, 3.63) is 22.2 Å². The van der Waals surface area contributed by atoms with Gasteiger partial charge in [-0.2, -0.15) is 4.98 Å². The maximum atomic E-state index is 11.8. The largest absolute Gasteiger partial charge is 0.469 e. The Kier molecular flexibility index (Phi) is 4.47. The first-order chi connectivity index (χ1) is 9.67. The molecule has 0 aromatic carbocycles. The highest BCUT2D eigenvalue weighted by Gasteiger charge is 2.37. The summed E-state index contributed by atoms with van der Waals surface area (Å²) in [6.07, 6.45) is -1.25. The third-order valence-electron chi connectivity index (χ3n) is 3.10. The van der Waals surface area contributed by atoms with E-state index in [1.165, 1.54) is 10.8 Å². The van der Waals surface area contributed by atoms with Crippen molar-refractivity contribution in [1.82, 2.24) is 9.55 Å². The summed E-state index contributed by atoms with van der Waals surface area (Å²) in [6.45, 7) is 1.18. The van der Waals surface area contributed by atoms with Crippen LogP contribution in [0.25, 0.3) is 0 Å². The van der Waals surface area contributed by atoms with Gasteiger partial charge in [0.05, 0.1) is 12.7 Å². The molecule has 0 amide bonds. The minimum atomic E-state index is -4.65. The molecular weight excluding hydrogens is 305 g/mol. The van der Waals surface area contributed by atoms with Crippen LogP contribution in [0.5, 0.6) is 0 Å². The van der Waals surface area contributed by atoms with Gasteiger partial charge in [-0.3, -0.25) is 9.09 Å². The zero-order valence-electron chi connectivity index (χ0n) is 11.1. The number of phosphoric acid groups is 1. The van der Waals surface area contributed by atoms with E-state index >= 15 is 0 Å². The molecule has 0 aliphatic carbocycles. The molecule has 1 fully saturated rings. The van der Waals surface area contributed by atoms with E-state index in [1.807, 2.05) is 0 Å². The lowest BCUT2D eigenvalue weighted by atomic mass is 10.2. The number of nitrogen functional groups attached to an aromatic ring is 1. The lowest BCUT2D eigenvalue weighted by molar-refractivity contribution is -0.0450. The fraction of sp³-hybridized carbons (Fsp3) is 0.600. The Bertz CT molecular complexity index is 628. The SMILES string of the molecule is Cc1cn([C@H]2CC(O)[C@@H](COP(=O)(O)O)O2)c(=O)nc1N. The summed E-state index contributed by atoms with van der Waals surface area (Å²) >= 11 is 0. The highest BCUT2D eigenvalue weighted by molar-refractivity contribution is 7.46. The molecule has 0 saturated carbocycles. The van der Waals surface area contributed by atoms with E-state index in [4.69, 9.17) is 20.3 Å². The molecule has 3 atom stereocenters. The zero-order valence-corrected chi connectivity index (χ0v) is 12.0. The Morgan fingerprint density at radius 1 is 1.62 bits per heavy atom. The quantitative estimate of drug-likeness (QED) is 0.505. The number of hydrogen-bond acceptors (Lipinski definition) is 7. The predicted octanol–water partition coefficient (Wildman–Crippen LogP) is -1.11. The minimum Gasteiger partial charge on any atom is -0.390 e. The summed E-state index contributed by atoms with van der Waals surface area (Å²) in [5, 5.41) is 9.81. The standard InChI is InChI=1S/C10H16N3O7P/c1-5-3-13(10(15)12-9(5)11)8-2-6(14)7(20-8)4-19-21(16,17)18/h3,6-8,14H,2,4H2,1H3,(H2,11,12,15)(H2,16,17,18)/t6?,7-,8-/m1/s1. The van der Waals surface area contributed by atoms with E-state index < -0.39 is 38.6 Å². The topological polar surface area (TPSA) is 157 Å². The zero-order chi connectivity index (χ0) is 15.8. The molecule has 1 aromatic rings. The first kappa shape index (κ1) is 16.1. The lowest BCUT2D eigenvalue weighted by Gasteiger charge is -2.16. The molecule has 1 aliphatic heterocycles. The molecule has 10 nitrogen and oxygen atoms in total. The molecule has 0 bridgehead atoms. The lowest BCUT2D eigenvalue weighted by Crippen LogP contribution is -2.29. The van der Waals surface area contributed by atoms with E-state index in [0.717, 1.165) is 0 Å². The molecule has 2 rings (SSSR count). The minimum absolute atomic E-state index is 0.0696. The summed E-state index contributed by atoms with van der Waals surface area (Å²) in [4.78, 5) is 32.6. The Hall–Kier alpha value is -1.29. The van der Waals surface area contributed by atoms with Crippen molar-refractivity contribution >= 4 is 13.6 Å². The highest BCUT2D eigenvalue weighted by Crippen LogP contribution is 2.38. The smallest absolute Gasteiger partial charge is 0.390 e. The van der Waals surface area contributed by atoms with E-state index in [1.54, 1.807) is 6.92 Å². The number of nitrogens with zero attached hydrogens (tertiary/aromatic N) is 2. The highest BCUT2D eigenvalue weighted by atomic mass is 31.2. The van der Waals surface area contributed by atoms with Gasteiger partial charge in [0.25, 0.3) is 0 Å². The van der Waals surface area contributed by atoms with Gasteiger partial charge in [0, 0.05) is 18.2 Å². The van der Waals surface area contributed by atoms with Crippen molar-refractivity contribution in [2.45, 2.75) is 31.8 Å². The van der Waals surface area contributed by atoms with Gasteiger partial charge in [0.15, 0.2) is 0 Å². The number of aryl methyl sites for hydroxylation is 1. The number of ether oxygens (including phenoxy) is 1. The van der Waals surface area contributed by atoms with Gasteiger partial charge in [-0.05, 0) is 6.92 Å². The molecule has 21 heavy (non-hydrogen) atoms. The molecule has 0 radical (unpaired) electrons. The van der Waals surface area contributed by atoms with Crippen LogP contribution in [0.4, 0.5) is 5.82 Å². The van der Waals surface area contributed by atoms with E-state index in [9.17, 15) is 14.5 Å². The van der Waals surface area contributed by atoms with Gasteiger partial charge in [-0.15, -0.1) is 0 Å². The van der Waals surface area contributed by atoms with Crippen LogP contribution in [-0.2, 0) is 13.8 Å². The molecule has 118 valence electrons. The fourth-order valence-electron chi connectivity index (χ4n) is 1.99. The molecule has 1 unspecified atom stereocenters. The summed E-state index contributed by atoms with van der Waals surface area (Å²) in [5.74, 6) is 0.108. The average Bonchev–Trinajstić information content (AvgIpc) is 2.72. The van der Waals surface area contributed by atoms with Crippen LogP contribution < -0.4 is 11.4 Å². The first-order valence-corrected chi connectivity index (χ1v) is 7.59.